The average molecular weight is 291 g/mol. The molecule has 0 spiro atoms. The Bertz CT molecular complexity index is 578. The van der Waals surface area contributed by atoms with Gasteiger partial charge in [-0.05, 0) is 19.4 Å². The molecule has 6 heteroatoms. The minimum atomic E-state index is -0.459. The quantitative estimate of drug-likeness (QED) is 0.847. The summed E-state index contributed by atoms with van der Waals surface area (Å²) in [6.07, 6.45) is 0.568. The van der Waals surface area contributed by atoms with Gasteiger partial charge in [-0.1, -0.05) is 18.2 Å². The number of hydrogen-bond donors (Lipinski definition) is 2. The van der Waals surface area contributed by atoms with Crippen molar-refractivity contribution in [3.63, 3.8) is 0 Å². The summed E-state index contributed by atoms with van der Waals surface area (Å²) in [5.74, 6) is -0.393. The molecular weight excluding hydrogens is 273 g/mol. The first-order valence-electron chi connectivity index (χ1n) is 7.14. The van der Waals surface area contributed by atoms with Gasteiger partial charge in [0.2, 0.25) is 11.8 Å². The van der Waals surface area contributed by atoms with Crippen molar-refractivity contribution in [1.82, 2.24) is 15.5 Å². The predicted molar refractivity (Wildman–Crippen MR) is 74.8 cm³/mol. The van der Waals surface area contributed by atoms with Gasteiger partial charge >= 0.3 is 0 Å². The summed E-state index contributed by atoms with van der Waals surface area (Å²) < 4.78 is 13.6. The van der Waals surface area contributed by atoms with E-state index >= 15 is 0 Å². The van der Waals surface area contributed by atoms with E-state index in [2.05, 4.69) is 10.6 Å². The Labute approximate surface area is 122 Å². The number of carbonyl (C=O) groups excluding carboxylic acids is 2. The highest BCUT2D eigenvalue weighted by Gasteiger charge is 2.44. The van der Waals surface area contributed by atoms with Crippen LogP contribution in [0.1, 0.15) is 18.9 Å². The minimum Gasteiger partial charge on any atom is -0.343 e. The van der Waals surface area contributed by atoms with E-state index in [1.165, 1.54) is 6.07 Å². The van der Waals surface area contributed by atoms with Crippen LogP contribution in [0.15, 0.2) is 24.3 Å². The lowest BCUT2D eigenvalue weighted by Gasteiger charge is -2.32. The van der Waals surface area contributed by atoms with Crippen LogP contribution in [0.3, 0.4) is 0 Å². The van der Waals surface area contributed by atoms with Crippen molar-refractivity contribution >= 4 is 11.8 Å². The molecule has 3 rings (SSSR count). The second-order valence-corrected chi connectivity index (χ2v) is 5.64. The zero-order valence-electron chi connectivity index (χ0n) is 11.8. The van der Waals surface area contributed by atoms with Crippen LogP contribution in [0.5, 0.6) is 0 Å². The number of nitrogens with zero attached hydrogens (tertiary/aromatic N) is 1. The second kappa shape index (κ2) is 5.44. The summed E-state index contributed by atoms with van der Waals surface area (Å²) in [7, 11) is 0. The Morgan fingerprint density at radius 3 is 2.90 bits per heavy atom. The Kier molecular flexibility index (Phi) is 3.63. The molecule has 5 nitrogen and oxygen atoms in total. The highest BCUT2D eigenvalue weighted by molar-refractivity contribution is 5.97. The van der Waals surface area contributed by atoms with E-state index in [1.807, 2.05) is 0 Å². The molecule has 1 aromatic carbocycles. The van der Waals surface area contributed by atoms with Crippen molar-refractivity contribution in [3.05, 3.63) is 35.6 Å². The number of carbonyl (C=O) groups is 2. The van der Waals surface area contributed by atoms with E-state index < -0.39 is 12.1 Å². The third kappa shape index (κ3) is 2.63. The number of fused-ring (bicyclic) bond motifs is 1. The fraction of sp³-hybridized carbons (Fsp3) is 0.467. The molecule has 0 aliphatic carbocycles. The number of amides is 2. The fourth-order valence-electron chi connectivity index (χ4n) is 2.99. The summed E-state index contributed by atoms with van der Waals surface area (Å²) in [4.78, 5) is 25.6. The molecule has 21 heavy (non-hydrogen) atoms. The van der Waals surface area contributed by atoms with Gasteiger partial charge in [0.1, 0.15) is 17.9 Å². The van der Waals surface area contributed by atoms with E-state index in [-0.39, 0.29) is 23.7 Å². The SMILES string of the molecule is C[C@@H]1NC(=O)[C@@H]2C[C@H](NCc3ccccc3F)CN2C1=O. The number of piperazine rings is 1. The molecule has 0 aromatic heterocycles. The van der Waals surface area contributed by atoms with Crippen LogP contribution in [-0.4, -0.2) is 41.4 Å². The normalized spacial score (nSPS) is 28.5. The second-order valence-electron chi connectivity index (χ2n) is 5.64. The molecule has 2 amide bonds. The van der Waals surface area contributed by atoms with Gasteiger partial charge in [0, 0.05) is 24.7 Å². The first-order valence-corrected chi connectivity index (χ1v) is 7.14. The minimum absolute atomic E-state index is 0.00889. The Hall–Kier alpha value is -1.95. The van der Waals surface area contributed by atoms with Crippen LogP contribution in [0.4, 0.5) is 4.39 Å². The van der Waals surface area contributed by atoms with Crippen LogP contribution in [0.25, 0.3) is 0 Å². The average Bonchev–Trinajstić information content (AvgIpc) is 2.89. The number of nitrogens with one attached hydrogen (secondary N) is 2. The molecule has 3 atom stereocenters. The zero-order chi connectivity index (χ0) is 15.0. The summed E-state index contributed by atoms with van der Waals surface area (Å²) in [5, 5.41) is 5.92. The number of benzene rings is 1. The van der Waals surface area contributed by atoms with Crippen LogP contribution in [0, 0.1) is 5.82 Å². The highest BCUT2D eigenvalue weighted by atomic mass is 19.1. The highest BCUT2D eigenvalue weighted by Crippen LogP contribution is 2.23. The molecule has 2 saturated heterocycles. The number of rotatable bonds is 3. The maximum Gasteiger partial charge on any atom is 0.245 e. The molecule has 0 bridgehead atoms. The summed E-state index contributed by atoms with van der Waals surface area (Å²) in [5.41, 5.74) is 0.589. The van der Waals surface area contributed by atoms with Gasteiger partial charge in [0.05, 0.1) is 0 Å². The van der Waals surface area contributed by atoms with Crippen molar-refractivity contribution in [2.75, 3.05) is 6.54 Å². The molecule has 2 N–H and O–H groups in total. The van der Waals surface area contributed by atoms with Crippen LogP contribution < -0.4 is 10.6 Å². The van der Waals surface area contributed by atoms with Crippen LogP contribution in [-0.2, 0) is 16.1 Å². The summed E-state index contributed by atoms with van der Waals surface area (Å²) >= 11 is 0. The summed E-state index contributed by atoms with van der Waals surface area (Å²) in [6, 6.07) is 5.74. The third-order valence-corrected chi connectivity index (χ3v) is 4.16. The largest absolute Gasteiger partial charge is 0.343 e. The standard InChI is InChI=1S/C15H18FN3O2/c1-9-15(21)19-8-11(6-13(19)14(20)18-9)17-7-10-4-2-3-5-12(10)16/h2-5,9,11,13,17H,6-8H2,1H3,(H,18,20)/t9-,11-,13-/m0/s1. The number of hydrogen-bond acceptors (Lipinski definition) is 3. The number of halogens is 1. The molecule has 2 heterocycles. The first-order chi connectivity index (χ1) is 10.1. The molecule has 1 aromatic rings. The molecule has 2 fully saturated rings. The van der Waals surface area contributed by atoms with Gasteiger partial charge in [0.25, 0.3) is 0 Å². The van der Waals surface area contributed by atoms with Gasteiger partial charge in [-0.15, -0.1) is 0 Å². The Balaban J connectivity index is 1.63. The van der Waals surface area contributed by atoms with Crippen molar-refractivity contribution < 1.29 is 14.0 Å². The lowest BCUT2D eigenvalue weighted by molar-refractivity contribution is -0.146. The predicted octanol–water partition coefficient (Wildman–Crippen LogP) is 0.403. The monoisotopic (exact) mass is 291 g/mol. The molecule has 0 saturated carbocycles. The maximum atomic E-state index is 13.6. The van der Waals surface area contributed by atoms with Gasteiger partial charge in [-0.3, -0.25) is 9.59 Å². The third-order valence-electron chi connectivity index (χ3n) is 4.16. The lowest BCUT2D eigenvalue weighted by Crippen LogP contribution is -2.60. The lowest BCUT2D eigenvalue weighted by atomic mass is 10.1. The topological polar surface area (TPSA) is 61.4 Å². The molecule has 112 valence electrons. The van der Waals surface area contributed by atoms with Gasteiger partial charge < -0.3 is 15.5 Å². The van der Waals surface area contributed by atoms with E-state index in [0.717, 1.165) is 0 Å². The maximum absolute atomic E-state index is 13.6. The molecule has 2 aliphatic heterocycles. The summed E-state index contributed by atoms with van der Waals surface area (Å²) in [6.45, 7) is 2.58. The molecular formula is C15H18FN3O2. The van der Waals surface area contributed by atoms with Crippen LogP contribution in [0.2, 0.25) is 0 Å². The van der Waals surface area contributed by atoms with Crippen molar-refractivity contribution in [3.8, 4) is 0 Å². The molecule has 0 unspecified atom stereocenters. The smallest absolute Gasteiger partial charge is 0.245 e. The molecule has 2 aliphatic rings. The Morgan fingerprint density at radius 2 is 2.14 bits per heavy atom. The van der Waals surface area contributed by atoms with Crippen molar-refractivity contribution in [1.29, 1.82) is 0 Å². The van der Waals surface area contributed by atoms with E-state index in [4.69, 9.17) is 0 Å². The van der Waals surface area contributed by atoms with Gasteiger partial charge in [-0.2, -0.15) is 0 Å². The zero-order valence-corrected chi connectivity index (χ0v) is 11.8. The molecule has 0 radical (unpaired) electrons. The van der Waals surface area contributed by atoms with E-state index in [1.54, 1.807) is 30.0 Å². The van der Waals surface area contributed by atoms with Gasteiger partial charge in [0.15, 0.2) is 0 Å². The Morgan fingerprint density at radius 1 is 1.38 bits per heavy atom. The van der Waals surface area contributed by atoms with E-state index in [9.17, 15) is 14.0 Å². The van der Waals surface area contributed by atoms with Crippen molar-refractivity contribution in [2.24, 2.45) is 0 Å². The first kappa shape index (κ1) is 14.0. The van der Waals surface area contributed by atoms with Crippen molar-refractivity contribution in [2.45, 2.75) is 38.0 Å². The fourth-order valence-corrected chi connectivity index (χ4v) is 2.99. The van der Waals surface area contributed by atoms with Gasteiger partial charge in [-0.25, -0.2) is 4.39 Å². The van der Waals surface area contributed by atoms with E-state index in [0.29, 0.717) is 25.1 Å². The van der Waals surface area contributed by atoms with Crippen LogP contribution >= 0.6 is 0 Å².